The third-order valence-electron chi connectivity index (χ3n) is 5.85. The number of halogens is 1. The number of fused-ring (bicyclic) bond motifs is 1. The lowest BCUT2D eigenvalue weighted by atomic mass is 9.96. The number of amides is 1. The van der Waals surface area contributed by atoms with Gasteiger partial charge < -0.3 is 5.11 Å². The number of thiazole rings is 1. The second-order valence-electron chi connectivity index (χ2n) is 8.17. The van der Waals surface area contributed by atoms with Crippen LogP contribution in [0.3, 0.4) is 0 Å². The van der Waals surface area contributed by atoms with E-state index in [2.05, 4.69) is 25.9 Å². The first-order valence-corrected chi connectivity index (χ1v) is 12.3. The molecule has 1 aliphatic heterocycles. The van der Waals surface area contributed by atoms with Crippen molar-refractivity contribution in [3.05, 3.63) is 86.2 Å². The maximum absolute atomic E-state index is 13.4. The Morgan fingerprint density at radius 2 is 1.86 bits per heavy atom. The molecular weight excluding hydrogens is 532 g/mol. The Morgan fingerprint density at radius 1 is 1.09 bits per heavy atom. The average Bonchev–Trinajstić information content (AvgIpc) is 3.44. The Balaban J connectivity index is 1.79. The molecule has 176 valence electrons. The number of aliphatic hydroxyl groups excluding tert-OH is 1. The van der Waals surface area contributed by atoms with Gasteiger partial charge in [0.1, 0.15) is 11.3 Å². The summed E-state index contributed by atoms with van der Waals surface area (Å²) in [6.07, 6.45) is 1.73. The number of ketones is 2. The van der Waals surface area contributed by atoms with E-state index in [1.165, 1.54) is 11.8 Å². The molecule has 1 aromatic carbocycles. The number of hydrogen-bond acceptors (Lipinski definition) is 7. The summed E-state index contributed by atoms with van der Waals surface area (Å²) in [4.78, 5) is 49.5. The summed E-state index contributed by atoms with van der Waals surface area (Å²) >= 11 is 4.50. The van der Waals surface area contributed by atoms with Gasteiger partial charge in [-0.3, -0.25) is 23.7 Å². The summed E-state index contributed by atoms with van der Waals surface area (Å²) < 4.78 is 2.42. The highest BCUT2D eigenvalue weighted by Crippen LogP contribution is 2.44. The zero-order valence-electron chi connectivity index (χ0n) is 18.9. The number of aryl methyl sites for hydroxylation is 2. The molecule has 0 spiro atoms. The average molecular weight is 551 g/mol. The van der Waals surface area contributed by atoms with Crippen molar-refractivity contribution in [3.63, 3.8) is 0 Å². The standard InChI is InChI=1S/C25H19BrN4O4S/c1-12-19(29-10-5-4-9-17(29)27-12)21(32)18-20(15-7-6-8-16(26)11-15)30(24(34)22(18)33)25-28-13(2)23(35-25)14(3)31/h4-11,20,32H,1-3H3. The fourth-order valence-electron chi connectivity index (χ4n) is 4.36. The molecule has 1 saturated heterocycles. The van der Waals surface area contributed by atoms with Crippen LogP contribution in [0.2, 0.25) is 0 Å². The number of Topliss-reactive ketones (excluding diaryl/α,β-unsaturated/α-hetero) is 2. The summed E-state index contributed by atoms with van der Waals surface area (Å²) in [6.45, 7) is 4.84. The Labute approximate surface area is 212 Å². The van der Waals surface area contributed by atoms with Gasteiger partial charge >= 0.3 is 5.91 Å². The molecule has 4 aromatic rings. The van der Waals surface area contributed by atoms with Crippen molar-refractivity contribution >= 4 is 61.3 Å². The minimum Gasteiger partial charge on any atom is -0.505 e. The molecule has 1 unspecified atom stereocenters. The first-order valence-electron chi connectivity index (χ1n) is 10.7. The van der Waals surface area contributed by atoms with Crippen molar-refractivity contribution in [1.82, 2.24) is 14.4 Å². The predicted octanol–water partition coefficient (Wildman–Crippen LogP) is 5.00. The molecule has 1 N–H and O–H groups in total. The quantitative estimate of drug-likeness (QED) is 0.166. The lowest BCUT2D eigenvalue weighted by molar-refractivity contribution is -0.132. The van der Waals surface area contributed by atoms with Crippen LogP contribution in [0.1, 0.15) is 45.3 Å². The number of imidazole rings is 1. The van der Waals surface area contributed by atoms with Gasteiger partial charge in [-0.2, -0.15) is 0 Å². The topological polar surface area (TPSA) is 105 Å². The number of aromatic nitrogens is 3. The fourth-order valence-corrected chi connectivity index (χ4v) is 5.77. The van der Waals surface area contributed by atoms with E-state index in [1.807, 2.05) is 12.1 Å². The number of carbonyl (C=O) groups is 3. The van der Waals surface area contributed by atoms with Gasteiger partial charge in [0, 0.05) is 17.6 Å². The molecule has 0 bridgehead atoms. The van der Waals surface area contributed by atoms with E-state index >= 15 is 0 Å². The van der Waals surface area contributed by atoms with E-state index in [4.69, 9.17) is 0 Å². The SMILES string of the molecule is CC(=O)c1sc(N2C(=O)C(=O)C(=C(O)c3c(C)nc4ccccn34)C2c2cccc(Br)c2)nc1C. The number of carbonyl (C=O) groups excluding carboxylic acids is 3. The van der Waals surface area contributed by atoms with Gasteiger partial charge in [-0.25, -0.2) is 9.97 Å². The molecule has 0 radical (unpaired) electrons. The van der Waals surface area contributed by atoms with E-state index in [1.54, 1.807) is 54.8 Å². The molecule has 10 heteroatoms. The van der Waals surface area contributed by atoms with Crippen LogP contribution in [-0.2, 0) is 9.59 Å². The monoisotopic (exact) mass is 550 g/mol. The second-order valence-corrected chi connectivity index (χ2v) is 10.1. The van der Waals surface area contributed by atoms with E-state index in [9.17, 15) is 19.5 Å². The normalized spacial score (nSPS) is 17.5. The maximum Gasteiger partial charge on any atom is 0.301 e. The maximum atomic E-state index is 13.4. The van der Waals surface area contributed by atoms with Gasteiger partial charge in [-0.15, -0.1) is 0 Å². The summed E-state index contributed by atoms with van der Waals surface area (Å²) in [6, 6.07) is 11.6. The lowest BCUT2D eigenvalue weighted by Gasteiger charge is -2.23. The molecule has 0 saturated carbocycles. The van der Waals surface area contributed by atoms with Gasteiger partial charge in [0.2, 0.25) is 0 Å². The highest BCUT2D eigenvalue weighted by molar-refractivity contribution is 9.10. The zero-order valence-corrected chi connectivity index (χ0v) is 21.3. The summed E-state index contributed by atoms with van der Waals surface area (Å²) in [5.41, 5.74) is 2.45. The van der Waals surface area contributed by atoms with Crippen molar-refractivity contribution in [2.24, 2.45) is 0 Å². The van der Waals surface area contributed by atoms with Crippen molar-refractivity contribution in [1.29, 1.82) is 0 Å². The van der Waals surface area contributed by atoms with E-state index in [-0.39, 0.29) is 22.2 Å². The molecule has 3 aromatic heterocycles. The van der Waals surface area contributed by atoms with Crippen LogP contribution >= 0.6 is 27.3 Å². The predicted molar refractivity (Wildman–Crippen MR) is 136 cm³/mol. The van der Waals surface area contributed by atoms with Gasteiger partial charge in [0.25, 0.3) is 5.78 Å². The number of benzene rings is 1. The highest BCUT2D eigenvalue weighted by Gasteiger charge is 2.48. The molecule has 1 aliphatic rings. The van der Waals surface area contributed by atoms with E-state index in [0.717, 1.165) is 15.8 Å². The van der Waals surface area contributed by atoms with Crippen LogP contribution in [0.5, 0.6) is 0 Å². The molecule has 1 fully saturated rings. The Hall–Kier alpha value is -3.63. The minimum absolute atomic E-state index is 0.0703. The lowest BCUT2D eigenvalue weighted by Crippen LogP contribution is -2.29. The number of anilines is 1. The van der Waals surface area contributed by atoms with E-state index < -0.39 is 17.7 Å². The molecule has 0 aliphatic carbocycles. The number of pyridine rings is 1. The molecule has 1 amide bonds. The van der Waals surface area contributed by atoms with Gasteiger partial charge in [0.05, 0.1) is 27.9 Å². The Morgan fingerprint density at radius 3 is 2.54 bits per heavy atom. The van der Waals surface area contributed by atoms with Crippen LogP contribution in [0.15, 0.2) is 58.7 Å². The zero-order chi connectivity index (χ0) is 25.0. The largest absolute Gasteiger partial charge is 0.505 e. The van der Waals surface area contributed by atoms with Crippen molar-refractivity contribution in [2.45, 2.75) is 26.8 Å². The minimum atomic E-state index is -0.952. The summed E-state index contributed by atoms with van der Waals surface area (Å²) in [5.74, 6) is -2.17. The molecular formula is C25H19BrN4O4S. The Kier molecular flexibility index (Phi) is 5.65. The molecule has 5 rings (SSSR count). The van der Waals surface area contributed by atoms with Crippen LogP contribution in [0.4, 0.5) is 5.13 Å². The summed E-state index contributed by atoms with van der Waals surface area (Å²) in [5, 5.41) is 11.7. The summed E-state index contributed by atoms with van der Waals surface area (Å²) in [7, 11) is 0. The Bertz CT molecular complexity index is 1590. The number of rotatable bonds is 4. The van der Waals surface area contributed by atoms with Gasteiger partial charge in [0.15, 0.2) is 16.7 Å². The number of hydrogen-bond donors (Lipinski definition) is 1. The molecule has 8 nitrogen and oxygen atoms in total. The van der Waals surface area contributed by atoms with E-state index in [0.29, 0.717) is 33.2 Å². The highest BCUT2D eigenvalue weighted by atomic mass is 79.9. The molecule has 4 heterocycles. The van der Waals surface area contributed by atoms with Crippen LogP contribution in [0, 0.1) is 13.8 Å². The smallest absolute Gasteiger partial charge is 0.301 e. The second kappa shape index (κ2) is 8.54. The molecule has 35 heavy (non-hydrogen) atoms. The van der Waals surface area contributed by atoms with Crippen LogP contribution < -0.4 is 4.90 Å². The fraction of sp³-hybridized carbons (Fsp3) is 0.160. The van der Waals surface area contributed by atoms with Crippen molar-refractivity contribution in [3.8, 4) is 0 Å². The van der Waals surface area contributed by atoms with Crippen molar-refractivity contribution < 1.29 is 19.5 Å². The first-order chi connectivity index (χ1) is 16.7. The molecule has 1 atom stereocenters. The van der Waals surface area contributed by atoms with Crippen LogP contribution in [-0.4, -0.2) is 36.9 Å². The third kappa shape index (κ3) is 3.69. The third-order valence-corrected chi connectivity index (χ3v) is 7.60. The van der Waals surface area contributed by atoms with Gasteiger partial charge in [-0.05, 0) is 43.7 Å². The van der Waals surface area contributed by atoms with Crippen LogP contribution in [0.25, 0.3) is 11.4 Å². The number of aliphatic hydroxyl groups is 1. The first kappa shape index (κ1) is 23.1. The number of nitrogens with zero attached hydrogens (tertiary/aromatic N) is 4. The van der Waals surface area contributed by atoms with Gasteiger partial charge in [-0.1, -0.05) is 45.5 Å². The van der Waals surface area contributed by atoms with Crippen molar-refractivity contribution in [2.75, 3.05) is 4.90 Å².